The van der Waals surface area contributed by atoms with Crippen LogP contribution in [-0.2, 0) is 4.79 Å². The first kappa shape index (κ1) is 11.5. The molecular weight excluding hydrogens is 194 g/mol. The molecule has 5 nitrogen and oxygen atoms in total. The third-order valence-electron chi connectivity index (χ3n) is 1.72. The Kier molecular flexibility index (Phi) is 4.05. The monoisotopic (exact) mass is 209 g/mol. The highest BCUT2D eigenvalue weighted by Crippen LogP contribution is 2.20. The molecule has 0 bridgehead atoms. The lowest BCUT2D eigenvalue weighted by molar-refractivity contribution is -0.117. The summed E-state index contributed by atoms with van der Waals surface area (Å²) in [5, 5.41) is 2.64. The van der Waals surface area contributed by atoms with Gasteiger partial charge in [0.1, 0.15) is 5.69 Å². The van der Waals surface area contributed by atoms with E-state index in [0.717, 1.165) is 0 Å². The fourth-order valence-corrected chi connectivity index (χ4v) is 0.984. The van der Waals surface area contributed by atoms with Crippen LogP contribution in [0.15, 0.2) is 18.3 Å². The topological polar surface area (TPSA) is 77.2 Å². The van der Waals surface area contributed by atoms with Crippen molar-refractivity contribution >= 4 is 11.6 Å². The minimum absolute atomic E-state index is 0.260. The van der Waals surface area contributed by atoms with Gasteiger partial charge in [-0.25, -0.2) is 4.98 Å². The van der Waals surface area contributed by atoms with E-state index in [1.54, 1.807) is 25.3 Å². The number of nitrogens with zero attached hydrogens (tertiary/aromatic N) is 1. The summed E-state index contributed by atoms with van der Waals surface area (Å²) in [4.78, 5) is 15.4. The number of carbonyl (C=O) groups is 1. The lowest BCUT2D eigenvalue weighted by Gasteiger charge is -2.11. The van der Waals surface area contributed by atoms with Gasteiger partial charge >= 0.3 is 0 Å². The quantitative estimate of drug-likeness (QED) is 0.767. The molecule has 1 aromatic heterocycles. The number of nitrogens with two attached hydrogens (primary N) is 1. The predicted molar refractivity (Wildman–Crippen MR) is 57.7 cm³/mol. The third-order valence-corrected chi connectivity index (χ3v) is 1.72. The number of hydrogen-bond acceptors (Lipinski definition) is 4. The maximum Gasteiger partial charge on any atom is 0.241 e. The summed E-state index contributed by atoms with van der Waals surface area (Å²) in [6, 6.07) is 2.89. The number of hydrogen-bond donors (Lipinski definition) is 2. The first-order chi connectivity index (χ1) is 7.15. The van der Waals surface area contributed by atoms with Crippen molar-refractivity contribution in [3.63, 3.8) is 0 Å². The molecule has 0 saturated carbocycles. The van der Waals surface area contributed by atoms with Crippen molar-refractivity contribution in [1.29, 1.82) is 0 Å². The van der Waals surface area contributed by atoms with Gasteiger partial charge in [-0.2, -0.15) is 0 Å². The van der Waals surface area contributed by atoms with Crippen LogP contribution in [0.25, 0.3) is 0 Å². The van der Waals surface area contributed by atoms with Crippen molar-refractivity contribution in [3.8, 4) is 5.88 Å². The van der Waals surface area contributed by atoms with Gasteiger partial charge < -0.3 is 15.8 Å². The maximum absolute atomic E-state index is 11.3. The van der Waals surface area contributed by atoms with E-state index in [1.807, 2.05) is 6.92 Å². The van der Waals surface area contributed by atoms with Gasteiger partial charge in [-0.1, -0.05) is 0 Å². The Labute approximate surface area is 88.6 Å². The normalized spacial score (nSPS) is 11.9. The molecule has 0 aliphatic heterocycles. The Hall–Kier alpha value is -1.62. The van der Waals surface area contributed by atoms with Crippen LogP contribution >= 0.6 is 0 Å². The van der Waals surface area contributed by atoms with E-state index < -0.39 is 6.04 Å². The van der Waals surface area contributed by atoms with Gasteiger partial charge in [0, 0.05) is 6.20 Å². The van der Waals surface area contributed by atoms with Crippen molar-refractivity contribution in [3.05, 3.63) is 18.3 Å². The van der Waals surface area contributed by atoms with Gasteiger partial charge in [-0.3, -0.25) is 4.79 Å². The van der Waals surface area contributed by atoms with Gasteiger partial charge in [0.2, 0.25) is 11.8 Å². The Bertz CT molecular complexity index is 339. The van der Waals surface area contributed by atoms with Crippen molar-refractivity contribution in [1.82, 2.24) is 4.98 Å². The number of nitrogens with one attached hydrogen (secondary N) is 1. The van der Waals surface area contributed by atoms with Crippen molar-refractivity contribution in [2.24, 2.45) is 5.73 Å². The first-order valence-corrected chi connectivity index (χ1v) is 4.79. The maximum atomic E-state index is 11.3. The minimum atomic E-state index is -0.556. The molecule has 15 heavy (non-hydrogen) atoms. The number of pyridine rings is 1. The van der Waals surface area contributed by atoms with Crippen LogP contribution in [-0.4, -0.2) is 23.5 Å². The second kappa shape index (κ2) is 5.31. The second-order valence-corrected chi connectivity index (χ2v) is 3.07. The van der Waals surface area contributed by atoms with Crippen molar-refractivity contribution in [2.75, 3.05) is 11.9 Å². The highest BCUT2D eigenvalue weighted by molar-refractivity contribution is 5.95. The summed E-state index contributed by atoms with van der Waals surface area (Å²) >= 11 is 0. The SMILES string of the molecule is CCOc1ncccc1NC(=O)[C@H](C)N. The Morgan fingerprint density at radius 2 is 2.47 bits per heavy atom. The van der Waals surface area contributed by atoms with E-state index in [2.05, 4.69) is 10.3 Å². The highest BCUT2D eigenvalue weighted by Gasteiger charge is 2.11. The van der Waals surface area contributed by atoms with Crippen LogP contribution in [0.4, 0.5) is 5.69 Å². The number of ether oxygens (including phenoxy) is 1. The molecule has 1 heterocycles. The molecule has 82 valence electrons. The molecule has 5 heteroatoms. The molecule has 0 fully saturated rings. The summed E-state index contributed by atoms with van der Waals surface area (Å²) in [5.74, 6) is 0.151. The zero-order valence-electron chi connectivity index (χ0n) is 8.86. The average Bonchev–Trinajstić information content (AvgIpc) is 2.21. The first-order valence-electron chi connectivity index (χ1n) is 4.79. The van der Waals surface area contributed by atoms with Crippen LogP contribution < -0.4 is 15.8 Å². The van der Waals surface area contributed by atoms with E-state index in [1.165, 1.54) is 0 Å². The Morgan fingerprint density at radius 3 is 3.07 bits per heavy atom. The van der Waals surface area contributed by atoms with Gasteiger partial charge in [0.25, 0.3) is 0 Å². The van der Waals surface area contributed by atoms with E-state index >= 15 is 0 Å². The lowest BCUT2D eigenvalue weighted by atomic mass is 10.3. The number of anilines is 1. The molecule has 3 N–H and O–H groups in total. The van der Waals surface area contributed by atoms with Crippen LogP contribution in [0.2, 0.25) is 0 Å². The summed E-state index contributed by atoms with van der Waals surface area (Å²) in [6.07, 6.45) is 1.60. The largest absolute Gasteiger partial charge is 0.476 e. The van der Waals surface area contributed by atoms with Gasteiger partial charge in [0.15, 0.2) is 0 Å². The van der Waals surface area contributed by atoms with Gasteiger partial charge in [0.05, 0.1) is 12.6 Å². The zero-order chi connectivity index (χ0) is 11.3. The number of aromatic nitrogens is 1. The smallest absolute Gasteiger partial charge is 0.241 e. The zero-order valence-corrected chi connectivity index (χ0v) is 8.86. The van der Waals surface area contributed by atoms with Crippen LogP contribution in [0.1, 0.15) is 13.8 Å². The van der Waals surface area contributed by atoms with E-state index in [9.17, 15) is 4.79 Å². The molecule has 0 aromatic carbocycles. The molecule has 0 aliphatic rings. The van der Waals surface area contributed by atoms with Gasteiger partial charge in [-0.05, 0) is 26.0 Å². The molecule has 1 amide bonds. The highest BCUT2D eigenvalue weighted by atomic mass is 16.5. The van der Waals surface area contributed by atoms with Crippen LogP contribution in [0.5, 0.6) is 5.88 Å². The average molecular weight is 209 g/mol. The molecule has 0 aliphatic carbocycles. The molecule has 0 radical (unpaired) electrons. The molecule has 1 rings (SSSR count). The lowest BCUT2D eigenvalue weighted by Crippen LogP contribution is -2.32. The van der Waals surface area contributed by atoms with Crippen molar-refractivity contribution in [2.45, 2.75) is 19.9 Å². The van der Waals surface area contributed by atoms with Crippen LogP contribution in [0.3, 0.4) is 0 Å². The third kappa shape index (κ3) is 3.21. The van der Waals surface area contributed by atoms with E-state index in [-0.39, 0.29) is 5.91 Å². The molecule has 0 spiro atoms. The number of amides is 1. The Morgan fingerprint density at radius 1 is 1.73 bits per heavy atom. The Balaban J connectivity index is 2.79. The molecule has 1 atom stereocenters. The summed E-state index contributed by atoms with van der Waals surface area (Å²) in [5.41, 5.74) is 5.98. The summed E-state index contributed by atoms with van der Waals surface area (Å²) < 4.78 is 5.25. The molecular formula is C10H15N3O2. The number of carbonyl (C=O) groups excluding carboxylic acids is 1. The summed E-state index contributed by atoms with van der Waals surface area (Å²) in [7, 11) is 0. The van der Waals surface area contributed by atoms with Gasteiger partial charge in [-0.15, -0.1) is 0 Å². The fourth-order valence-electron chi connectivity index (χ4n) is 0.984. The number of rotatable bonds is 4. The van der Waals surface area contributed by atoms with Crippen LogP contribution in [0, 0.1) is 0 Å². The standard InChI is InChI=1S/C10H15N3O2/c1-3-15-10-8(5-4-6-12-10)13-9(14)7(2)11/h4-7H,3,11H2,1-2H3,(H,13,14)/t7-/m0/s1. The van der Waals surface area contributed by atoms with E-state index in [4.69, 9.17) is 10.5 Å². The predicted octanol–water partition coefficient (Wildman–Crippen LogP) is 0.766. The minimum Gasteiger partial charge on any atom is -0.476 e. The molecule has 0 unspecified atom stereocenters. The van der Waals surface area contributed by atoms with Crippen molar-refractivity contribution < 1.29 is 9.53 Å². The fraction of sp³-hybridized carbons (Fsp3) is 0.400. The van der Waals surface area contributed by atoms with E-state index in [0.29, 0.717) is 18.2 Å². The molecule has 0 saturated heterocycles. The second-order valence-electron chi connectivity index (χ2n) is 3.07. The summed E-state index contributed by atoms with van der Waals surface area (Å²) in [6.45, 7) is 3.97. The molecule has 1 aromatic rings.